The highest BCUT2D eigenvalue weighted by atomic mass is 32.1. The molecule has 0 radical (unpaired) electrons. The fourth-order valence-electron chi connectivity index (χ4n) is 1.63. The second-order valence-corrected chi connectivity index (χ2v) is 4.88. The average molecular weight is 236 g/mol. The molecule has 0 fully saturated rings. The van der Waals surface area contributed by atoms with Crippen LogP contribution in [0.25, 0.3) is 0 Å². The Morgan fingerprint density at radius 1 is 1.38 bits per heavy atom. The van der Waals surface area contributed by atoms with Crippen LogP contribution in [0.2, 0.25) is 0 Å². The van der Waals surface area contributed by atoms with Gasteiger partial charge >= 0.3 is 0 Å². The van der Waals surface area contributed by atoms with Gasteiger partial charge in [-0.2, -0.15) is 0 Å². The zero-order chi connectivity index (χ0) is 11.5. The van der Waals surface area contributed by atoms with Crippen LogP contribution in [-0.2, 0) is 0 Å². The van der Waals surface area contributed by atoms with Gasteiger partial charge in [0.05, 0.1) is 18.6 Å². The van der Waals surface area contributed by atoms with Gasteiger partial charge in [-0.25, -0.2) is 4.98 Å². The quantitative estimate of drug-likeness (QED) is 0.883. The molecule has 0 spiro atoms. The van der Waals surface area contributed by atoms with Crippen molar-refractivity contribution in [2.24, 2.45) is 0 Å². The van der Waals surface area contributed by atoms with Crippen molar-refractivity contribution in [3.8, 4) is 0 Å². The van der Waals surface area contributed by atoms with Gasteiger partial charge in [0.1, 0.15) is 5.01 Å². The molecule has 2 aromatic rings. The lowest BCUT2D eigenvalue weighted by Crippen LogP contribution is -2.22. The Hall–Kier alpha value is -1.13. The van der Waals surface area contributed by atoms with Gasteiger partial charge in [-0.3, -0.25) is 0 Å². The van der Waals surface area contributed by atoms with E-state index >= 15 is 0 Å². The zero-order valence-corrected chi connectivity index (χ0v) is 10.5. The van der Waals surface area contributed by atoms with E-state index in [0.29, 0.717) is 0 Å². The average Bonchev–Trinajstić information content (AvgIpc) is 2.87. The van der Waals surface area contributed by atoms with E-state index in [2.05, 4.69) is 29.5 Å². The molecule has 0 aromatic carbocycles. The number of nitrogens with one attached hydrogen (secondary N) is 1. The van der Waals surface area contributed by atoms with Crippen molar-refractivity contribution < 1.29 is 4.42 Å². The SMILES string of the molecule is Cc1csc(C(C)NC(C)c2ccoc2)n1. The van der Waals surface area contributed by atoms with Gasteiger partial charge in [0.2, 0.25) is 0 Å². The fourth-order valence-corrected chi connectivity index (χ4v) is 2.45. The van der Waals surface area contributed by atoms with E-state index in [-0.39, 0.29) is 12.1 Å². The number of aromatic nitrogens is 1. The van der Waals surface area contributed by atoms with E-state index in [1.807, 2.05) is 13.0 Å². The van der Waals surface area contributed by atoms with Crippen LogP contribution in [0.3, 0.4) is 0 Å². The summed E-state index contributed by atoms with van der Waals surface area (Å²) in [6.45, 7) is 6.28. The molecule has 0 saturated heterocycles. The van der Waals surface area contributed by atoms with Gasteiger partial charge in [0.15, 0.2) is 0 Å². The minimum Gasteiger partial charge on any atom is -0.472 e. The summed E-state index contributed by atoms with van der Waals surface area (Å²) in [4.78, 5) is 4.48. The summed E-state index contributed by atoms with van der Waals surface area (Å²) in [5.41, 5.74) is 2.25. The highest BCUT2D eigenvalue weighted by Gasteiger charge is 2.14. The van der Waals surface area contributed by atoms with E-state index in [0.717, 1.165) is 10.7 Å². The van der Waals surface area contributed by atoms with E-state index < -0.39 is 0 Å². The maximum Gasteiger partial charge on any atom is 0.110 e. The second-order valence-electron chi connectivity index (χ2n) is 3.99. The molecule has 0 saturated carbocycles. The van der Waals surface area contributed by atoms with Crippen molar-refractivity contribution in [2.45, 2.75) is 32.9 Å². The van der Waals surface area contributed by atoms with Crippen molar-refractivity contribution >= 4 is 11.3 Å². The maximum absolute atomic E-state index is 5.07. The van der Waals surface area contributed by atoms with Gasteiger partial charge in [0, 0.05) is 22.7 Å². The molecule has 16 heavy (non-hydrogen) atoms. The Kier molecular flexibility index (Phi) is 3.41. The van der Waals surface area contributed by atoms with E-state index in [1.165, 1.54) is 5.56 Å². The Bertz CT molecular complexity index is 436. The Morgan fingerprint density at radius 2 is 2.19 bits per heavy atom. The van der Waals surface area contributed by atoms with Crippen LogP contribution in [0.5, 0.6) is 0 Å². The molecular formula is C12H16N2OS. The van der Waals surface area contributed by atoms with Gasteiger partial charge in [-0.05, 0) is 26.8 Å². The normalized spacial score (nSPS) is 14.9. The molecule has 2 atom stereocenters. The molecule has 0 amide bonds. The number of rotatable bonds is 4. The molecular weight excluding hydrogens is 220 g/mol. The number of nitrogens with zero attached hydrogens (tertiary/aromatic N) is 1. The molecule has 0 bridgehead atoms. The number of hydrogen-bond acceptors (Lipinski definition) is 4. The van der Waals surface area contributed by atoms with Crippen LogP contribution in [0.15, 0.2) is 28.4 Å². The number of aryl methyl sites for hydroxylation is 1. The second kappa shape index (κ2) is 4.80. The first-order valence-corrected chi connectivity index (χ1v) is 6.25. The molecule has 3 nitrogen and oxygen atoms in total. The third-order valence-electron chi connectivity index (χ3n) is 2.55. The van der Waals surface area contributed by atoms with Crippen LogP contribution in [0.1, 0.15) is 42.2 Å². The molecule has 0 aliphatic heterocycles. The number of hydrogen-bond donors (Lipinski definition) is 1. The van der Waals surface area contributed by atoms with Gasteiger partial charge < -0.3 is 9.73 Å². The zero-order valence-electron chi connectivity index (χ0n) is 9.73. The van der Waals surface area contributed by atoms with Crippen molar-refractivity contribution in [1.29, 1.82) is 0 Å². The van der Waals surface area contributed by atoms with Crippen LogP contribution in [0, 0.1) is 6.92 Å². The summed E-state index contributed by atoms with van der Waals surface area (Å²) in [5.74, 6) is 0. The van der Waals surface area contributed by atoms with Gasteiger partial charge in [-0.15, -0.1) is 11.3 Å². The van der Waals surface area contributed by atoms with Crippen LogP contribution in [0.4, 0.5) is 0 Å². The summed E-state index contributed by atoms with van der Waals surface area (Å²) in [5, 5.41) is 6.71. The Balaban J connectivity index is 2.00. The molecule has 0 aliphatic carbocycles. The summed E-state index contributed by atoms with van der Waals surface area (Å²) in [6, 6.07) is 2.53. The monoisotopic (exact) mass is 236 g/mol. The predicted molar refractivity (Wildman–Crippen MR) is 65.5 cm³/mol. The van der Waals surface area contributed by atoms with E-state index in [9.17, 15) is 0 Å². The minimum absolute atomic E-state index is 0.267. The lowest BCUT2D eigenvalue weighted by atomic mass is 10.1. The van der Waals surface area contributed by atoms with E-state index in [1.54, 1.807) is 23.9 Å². The summed E-state index contributed by atoms with van der Waals surface area (Å²) in [7, 11) is 0. The van der Waals surface area contributed by atoms with Crippen molar-refractivity contribution in [3.63, 3.8) is 0 Å². The van der Waals surface area contributed by atoms with Crippen LogP contribution < -0.4 is 5.32 Å². The van der Waals surface area contributed by atoms with Crippen molar-refractivity contribution in [3.05, 3.63) is 40.2 Å². The molecule has 2 rings (SSSR count). The standard InChI is InChI=1S/C12H16N2OS/c1-8-7-16-12(13-8)10(3)14-9(2)11-4-5-15-6-11/h4-7,9-10,14H,1-3H3. The van der Waals surface area contributed by atoms with E-state index in [4.69, 9.17) is 4.42 Å². The predicted octanol–water partition coefficient (Wildman–Crippen LogP) is 3.46. The molecule has 86 valence electrons. The highest BCUT2D eigenvalue weighted by molar-refractivity contribution is 7.09. The lowest BCUT2D eigenvalue weighted by Gasteiger charge is -2.17. The molecule has 1 N–H and O–H groups in total. The van der Waals surface area contributed by atoms with Gasteiger partial charge in [-0.1, -0.05) is 0 Å². The van der Waals surface area contributed by atoms with Crippen molar-refractivity contribution in [1.82, 2.24) is 10.3 Å². The summed E-state index contributed by atoms with van der Waals surface area (Å²) >= 11 is 1.70. The third-order valence-corrected chi connectivity index (χ3v) is 3.70. The fraction of sp³-hybridized carbons (Fsp3) is 0.417. The summed E-state index contributed by atoms with van der Waals surface area (Å²) in [6.07, 6.45) is 3.48. The molecule has 2 aromatic heterocycles. The first-order chi connectivity index (χ1) is 7.66. The highest BCUT2D eigenvalue weighted by Crippen LogP contribution is 2.22. The first kappa shape index (κ1) is 11.4. The Labute approximate surface area is 99.5 Å². The molecule has 4 heteroatoms. The van der Waals surface area contributed by atoms with Gasteiger partial charge in [0.25, 0.3) is 0 Å². The maximum atomic E-state index is 5.07. The van der Waals surface area contributed by atoms with Crippen LogP contribution >= 0.6 is 11.3 Å². The first-order valence-electron chi connectivity index (χ1n) is 5.37. The largest absolute Gasteiger partial charge is 0.472 e. The summed E-state index contributed by atoms with van der Waals surface area (Å²) < 4.78 is 5.07. The number of thiazole rings is 1. The minimum atomic E-state index is 0.267. The smallest absolute Gasteiger partial charge is 0.110 e. The molecule has 2 heterocycles. The lowest BCUT2D eigenvalue weighted by molar-refractivity contribution is 0.484. The molecule has 0 aliphatic rings. The number of furan rings is 1. The van der Waals surface area contributed by atoms with Crippen molar-refractivity contribution in [2.75, 3.05) is 0 Å². The molecule has 2 unspecified atom stereocenters. The topological polar surface area (TPSA) is 38.1 Å². The Morgan fingerprint density at radius 3 is 2.75 bits per heavy atom. The third kappa shape index (κ3) is 2.51. The van der Waals surface area contributed by atoms with Crippen LogP contribution in [-0.4, -0.2) is 4.98 Å².